The van der Waals surface area contributed by atoms with Crippen LogP contribution in [0.3, 0.4) is 0 Å². The SMILES string of the molecule is C[C@H](O)C/C=C1/C(C)(C)CC=C[C@]1(C)O. The van der Waals surface area contributed by atoms with E-state index in [4.69, 9.17) is 0 Å². The molecule has 0 spiro atoms. The summed E-state index contributed by atoms with van der Waals surface area (Å²) in [5.74, 6) is 0. The van der Waals surface area contributed by atoms with Crippen molar-refractivity contribution in [1.82, 2.24) is 0 Å². The number of hydrogen-bond donors (Lipinski definition) is 2. The molecule has 0 radical (unpaired) electrons. The minimum atomic E-state index is -0.864. The van der Waals surface area contributed by atoms with Crippen LogP contribution in [0.25, 0.3) is 0 Å². The van der Waals surface area contributed by atoms with E-state index in [1.165, 1.54) is 0 Å². The monoisotopic (exact) mass is 210 g/mol. The average molecular weight is 210 g/mol. The second-order valence-electron chi connectivity index (χ2n) is 5.34. The molecule has 0 fully saturated rings. The molecule has 0 bridgehead atoms. The van der Waals surface area contributed by atoms with Gasteiger partial charge in [-0.05, 0) is 37.7 Å². The Morgan fingerprint density at radius 2 is 2.07 bits per heavy atom. The quantitative estimate of drug-likeness (QED) is 0.687. The third-order valence-corrected chi connectivity index (χ3v) is 3.01. The van der Waals surface area contributed by atoms with Gasteiger partial charge in [0.15, 0.2) is 0 Å². The van der Waals surface area contributed by atoms with Gasteiger partial charge in [-0.1, -0.05) is 32.1 Å². The van der Waals surface area contributed by atoms with Crippen LogP contribution >= 0.6 is 0 Å². The Hall–Kier alpha value is -0.600. The highest BCUT2D eigenvalue weighted by Crippen LogP contribution is 2.42. The van der Waals surface area contributed by atoms with Crippen LogP contribution in [-0.4, -0.2) is 21.9 Å². The standard InChI is InChI=1S/C13H22O2/c1-10(14)6-7-11-12(2,3)8-5-9-13(11,4)15/h5,7,9-10,14-15H,6,8H2,1-4H3/b11-7-/t10-,13-/m0/s1. The molecule has 0 heterocycles. The van der Waals surface area contributed by atoms with Crippen molar-refractivity contribution >= 4 is 0 Å². The summed E-state index contributed by atoms with van der Waals surface area (Å²) in [6, 6.07) is 0. The van der Waals surface area contributed by atoms with E-state index in [1.54, 1.807) is 13.8 Å². The second-order valence-corrected chi connectivity index (χ2v) is 5.34. The topological polar surface area (TPSA) is 40.5 Å². The highest BCUT2D eigenvalue weighted by molar-refractivity contribution is 5.33. The summed E-state index contributed by atoms with van der Waals surface area (Å²) in [7, 11) is 0. The van der Waals surface area contributed by atoms with Crippen molar-refractivity contribution in [3.63, 3.8) is 0 Å². The van der Waals surface area contributed by atoms with Gasteiger partial charge in [-0.15, -0.1) is 0 Å². The molecule has 15 heavy (non-hydrogen) atoms. The molecule has 2 heteroatoms. The molecule has 86 valence electrons. The molecular formula is C13H22O2. The fourth-order valence-electron chi connectivity index (χ4n) is 2.24. The van der Waals surface area contributed by atoms with Crippen molar-refractivity contribution < 1.29 is 10.2 Å². The van der Waals surface area contributed by atoms with E-state index in [0.29, 0.717) is 6.42 Å². The molecule has 2 atom stereocenters. The number of rotatable bonds is 2. The first-order valence-corrected chi connectivity index (χ1v) is 5.55. The Kier molecular flexibility index (Phi) is 3.41. The lowest BCUT2D eigenvalue weighted by Gasteiger charge is -2.39. The van der Waals surface area contributed by atoms with Crippen LogP contribution < -0.4 is 0 Å². The van der Waals surface area contributed by atoms with Crippen LogP contribution in [0.5, 0.6) is 0 Å². The Morgan fingerprint density at radius 1 is 1.47 bits per heavy atom. The zero-order valence-corrected chi connectivity index (χ0v) is 10.1. The van der Waals surface area contributed by atoms with Crippen molar-refractivity contribution in [3.05, 3.63) is 23.8 Å². The smallest absolute Gasteiger partial charge is 0.101 e. The van der Waals surface area contributed by atoms with Crippen LogP contribution in [0.15, 0.2) is 23.8 Å². The van der Waals surface area contributed by atoms with Crippen molar-refractivity contribution in [2.45, 2.75) is 52.2 Å². The van der Waals surface area contributed by atoms with E-state index < -0.39 is 5.60 Å². The molecule has 1 rings (SSSR count). The molecule has 0 aromatic rings. The molecule has 1 aliphatic carbocycles. The van der Waals surface area contributed by atoms with E-state index >= 15 is 0 Å². The van der Waals surface area contributed by atoms with Crippen LogP contribution in [-0.2, 0) is 0 Å². The molecule has 0 saturated heterocycles. The summed E-state index contributed by atoms with van der Waals surface area (Å²) in [6.07, 6.45) is 7.03. The maximum atomic E-state index is 10.2. The molecule has 0 amide bonds. The lowest BCUT2D eigenvalue weighted by atomic mass is 9.69. The molecule has 0 aromatic carbocycles. The van der Waals surface area contributed by atoms with Gasteiger partial charge in [-0.3, -0.25) is 0 Å². The summed E-state index contributed by atoms with van der Waals surface area (Å²) in [5, 5.41) is 19.5. The number of hydrogen-bond acceptors (Lipinski definition) is 2. The third-order valence-electron chi connectivity index (χ3n) is 3.01. The Bertz CT molecular complexity index is 283. The molecule has 1 aliphatic rings. The van der Waals surface area contributed by atoms with Gasteiger partial charge < -0.3 is 10.2 Å². The normalized spacial score (nSPS) is 34.4. The highest BCUT2D eigenvalue weighted by atomic mass is 16.3. The molecule has 2 nitrogen and oxygen atoms in total. The molecule has 0 aromatic heterocycles. The number of aliphatic hydroxyl groups excluding tert-OH is 1. The van der Waals surface area contributed by atoms with Gasteiger partial charge >= 0.3 is 0 Å². The molecule has 0 saturated carbocycles. The zero-order valence-electron chi connectivity index (χ0n) is 10.1. The Morgan fingerprint density at radius 3 is 2.53 bits per heavy atom. The number of aliphatic hydroxyl groups is 2. The molecule has 2 N–H and O–H groups in total. The van der Waals surface area contributed by atoms with Crippen LogP contribution in [0, 0.1) is 5.41 Å². The summed E-state index contributed by atoms with van der Waals surface area (Å²) in [5.41, 5.74) is 0.127. The second kappa shape index (κ2) is 4.11. The van der Waals surface area contributed by atoms with E-state index in [9.17, 15) is 10.2 Å². The maximum absolute atomic E-state index is 10.2. The van der Waals surface area contributed by atoms with E-state index in [2.05, 4.69) is 13.8 Å². The van der Waals surface area contributed by atoms with Crippen molar-refractivity contribution in [2.24, 2.45) is 5.41 Å². The van der Waals surface area contributed by atoms with Crippen molar-refractivity contribution in [3.8, 4) is 0 Å². The summed E-state index contributed by atoms with van der Waals surface area (Å²) in [6.45, 7) is 7.81. The zero-order chi connectivity index (χ0) is 11.7. The fraction of sp³-hybridized carbons (Fsp3) is 0.692. The highest BCUT2D eigenvalue weighted by Gasteiger charge is 2.36. The maximum Gasteiger partial charge on any atom is 0.101 e. The van der Waals surface area contributed by atoms with Gasteiger partial charge in [0.25, 0.3) is 0 Å². The van der Waals surface area contributed by atoms with Gasteiger partial charge in [-0.2, -0.15) is 0 Å². The Balaban J connectivity index is 2.99. The average Bonchev–Trinajstić information content (AvgIpc) is 1.99. The summed E-state index contributed by atoms with van der Waals surface area (Å²) in [4.78, 5) is 0. The fourth-order valence-corrected chi connectivity index (χ4v) is 2.24. The third kappa shape index (κ3) is 2.93. The summed E-state index contributed by atoms with van der Waals surface area (Å²) < 4.78 is 0. The largest absolute Gasteiger partial charge is 0.393 e. The minimum Gasteiger partial charge on any atom is -0.393 e. The Labute approximate surface area is 92.3 Å². The first-order chi connectivity index (χ1) is 6.76. The first-order valence-electron chi connectivity index (χ1n) is 5.55. The number of allylic oxidation sites excluding steroid dienone is 1. The molecule has 0 unspecified atom stereocenters. The van der Waals surface area contributed by atoms with E-state index in [1.807, 2.05) is 18.2 Å². The van der Waals surface area contributed by atoms with E-state index in [0.717, 1.165) is 12.0 Å². The van der Waals surface area contributed by atoms with Crippen LogP contribution in [0.2, 0.25) is 0 Å². The minimum absolute atomic E-state index is 0.0207. The lowest BCUT2D eigenvalue weighted by molar-refractivity contribution is 0.115. The van der Waals surface area contributed by atoms with E-state index in [-0.39, 0.29) is 11.5 Å². The van der Waals surface area contributed by atoms with Gasteiger partial charge in [-0.25, -0.2) is 0 Å². The van der Waals surface area contributed by atoms with Crippen molar-refractivity contribution in [1.29, 1.82) is 0 Å². The van der Waals surface area contributed by atoms with Gasteiger partial charge in [0.2, 0.25) is 0 Å². The van der Waals surface area contributed by atoms with Gasteiger partial charge in [0.1, 0.15) is 5.60 Å². The van der Waals surface area contributed by atoms with Gasteiger partial charge in [0.05, 0.1) is 6.10 Å². The van der Waals surface area contributed by atoms with Crippen LogP contribution in [0.1, 0.15) is 40.5 Å². The first kappa shape index (κ1) is 12.5. The van der Waals surface area contributed by atoms with Gasteiger partial charge in [0, 0.05) is 0 Å². The summed E-state index contributed by atoms with van der Waals surface area (Å²) >= 11 is 0. The lowest BCUT2D eigenvalue weighted by Crippen LogP contribution is -2.36. The van der Waals surface area contributed by atoms with Crippen molar-refractivity contribution in [2.75, 3.05) is 0 Å². The predicted octanol–water partition coefficient (Wildman–Crippen LogP) is 2.42. The molecule has 0 aliphatic heterocycles. The van der Waals surface area contributed by atoms with Crippen LogP contribution in [0.4, 0.5) is 0 Å². The predicted molar refractivity (Wildman–Crippen MR) is 62.5 cm³/mol. The molecular weight excluding hydrogens is 188 g/mol.